The van der Waals surface area contributed by atoms with Crippen molar-refractivity contribution >= 4 is 45.7 Å². The third-order valence-electron chi connectivity index (χ3n) is 6.73. The van der Waals surface area contributed by atoms with Crippen molar-refractivity contribution in [3.05, 3.63) is 95.1 Å². The summed E-state index contributed by atoms with van der Waals surface area (Å²) >= 11 is 2.52. The molecule has 2 aromatic heterocycles. The van der Waals surface area contributed by atoms with Crippen LogP contribution in [0.5, 0.6) is 11.5 Å². The van der Waals surface area contributed by atoms with Crippen LogP contribution in [0.2, 0.25) is 0 Å². The predicted octanol–water partition coefficient (Wildman–Crippen LogP) is 6.42. The molecule has 4 aromatic rings. The number of aromatic nitrogens is 3. The minimum Gasteiger partial charge on any atom is -0.507 e. The molecule has 9 nitrogen and oxygen atoms in total. The molecule has 5 rings (SSSR count). The maximum atomic E-state index is 13.5. The zero-order valence-electron chi connectivity index (χ0n) is 23.7. The van der Waals surface area contributed by atoms with E-state index < -0.39 is 17.7 Å². The van der Waals surface area contributed by atoms with Gasteiger partial charge in [-0.1, -0.05) is 55.1 Å². The average molecular weight is 621 g/mol. The summed E-state index contributed by atoms with van der Waals surface area (Å²) < 4.78 is 25.4. The molecule has 0 bridgehead atoms. The molecule has 0 spiro atoms. The summed E-state index contributed by atoms with van der Waals surface area (Å²) in [5.41, 5.74) is 1.65. The zero-order valence-corrected chi connectivity index (χ0v) is 25.3. The number of Topliss-reactive ketones (excluding diaryl/α,β-unsaturated/α-hetero) is 1. The van der Waals surface area contributed by atoms with E-state index in [4.69, 9.17) is 9.47 Å². The largest absolute Gasteiger partial charge is 0.507 e. The van der Waals surface area contributed by atoms with Crippen LogP contribution in [-0.2, 0) is 15.3 Å². The zero-order chi connectivity index (χ0) is 30.5. The number of ether oxygens (including phenoxy) is 2. The van der Waals surface area contributed by atoms with E-state index in [-0.39, 0.29) is 22.3 Å². The molecule has 1 fully saturated rings. The second-order valence-electron chi connectivity index (χ2n) is 10.1. The lowest BCUT2D eigenvalue weighted by molar-refractivity contribution is -0.132. The fraction of sp³-hybridized carbons (Fsp3) is 0.258. The summed E-state index contributed by atoms with van der Waals surface area (Å²) in [5, 5.41) is 20.0. The highest BCUT2D eigenvalue weighted by Gasteiger charge is 2.48. The highest BCUT2D eigenvalue weighted by atomic mass is 32.2. The first-order valence-corrected chi connectivity index (χ1v) is 15.3. The molecule has 1 atom stereocenters. The van der Waals surface area contributed by atoms with Gasteiger partial charge in [-0.2, -0.15) is 0 Å². The Labute approximate surface area is 256 Å². The lowest BCUT2D eigenvalue weighted by Crippen LogP contribution is -2.29. The van der Waals surface area contributed by atoms with Crippen LogP contribution in [0.25, 0.3) is 5.76 Å². The number of carbonyl (C=O) groups excluding carboxylic acids is 2. The van der Waals surface area contributed by atoms with Crippen LogP contribution in [-0.4, -0.2) is 45.7 Å². The predicted molar refractivity (Wildman–Crippen MR) is 163 cm³/mol. The van der Waals surface area contributed by atoms with Gasteiger partial charge in [0.25, 0.3) is 5.78 Å². The van der Waals surface area contributed by atoms with Crippen LogP contribution in [0.3, 0.4) is 0 Å². The summed E-state index contributed by atoms with van der Waals surface area (Å²) in [5.74, 6) is -0.440. The van der Waals surface area contributed by atoms with Crippen LogP contribution < -0.4 is 14.4 Å². The number of halogens is 1. The molecule has 1 N–H and O–H groups in total. The van der Waals surface area contributed by atoms with Gasteiger partial charge in [0.1, 0.15) is 11.6 Å². The number of amides is 1. The number of carbonyl (C=O) groups is 2. The molecule has 1 amide bonds. The molecular formula is C31H29FN4O5S2. The summed E-state index contributed by atoms with van der Waals surface area (Å²) in [4.78, 5) is 32.3. The average Bonchev–Trinajstić information content (AvgIpc) is 3.58. The van der Waals surface area contributed by atoms with Crippen molar-refractivity contribution in [1.82, 2.24) is 15.2 Å². The van der Waals surface area contributed by atoms with Gasteiger partial charge in [0.15, 0.2) is 15.8 Å². The monoisotopic (exact) mass is 620 g/mol. The number of nitrogens with zero attached hydrogens (tertiary/aromatic N) is 4. The van der Waals surface area contributed by atoms with E-state index in [9.17, 15) is 19.1 Å². The normalized spacial score (nSPS) is 16.2. The Balaban J connectivity index is 1.53. The number of hydrogen-bond acceptors (Lipinski definition) is 10. The molecule has 1 aliphatic rings. The molecule has 43 heavy (non-hydrogen) atoms. The third-order valence-corrected chi connectivity index (χ3v) is 8.86. The number of thioether (sulfide) groups is 1. The first-order chi connectivity index (χ1) is 20.8. The molecule has 3 heterocycles. The minimum atomic E-state index is -1.02. The smallest absolute Gasteiger partial charge is 0.301 e. The third kappa shape index (κ3) is 6.70. The second-order valence-corrected chi connectivity index (χ2v) is 12.3. The van der Waals surface area contributed by atoms with Gasteiger partial charge in [-0.05, 0) is 59.9 Å². The van der Waals surface area contributed by atoms with Crippen LogP contribution in [0.4, 0.5) is 9.52 Å². The van der Waals surface area contributed by atoms with Crippen molar-refractivity contribution in [2.45, 2.75) is 36.4 Å². The number of aliphatic hydroxyl groups is 1. The number of hydrogen-bond donors (Lipinski definition) is 1. The van der Waals surface area contributed by atoms with Gasteiger partial charge in [0.2, 0.25) is 5.13 Å². The van der Waals surface area contributed by atoms with Crippen LogP contribution in [0, 0.1) is 11.7 Å². The molecular weight excluding hydrogens is 591 g/mol. The fourth-order valence-corrected chi connectivity index (χ4v) is 6.30. The molecule has 2 aromatic carbocycles. The highest BCUT2D eigenvalue weighted by molar-refractivity contribution is 8.00. The lowest BCUT2D eigenvalue weighted by atomic mass is 9.95. The van der Waals surface area contributed by atoms with E-state index in [1.165, 1.54) is 48.3 Å². The summed E-state index contributed by atoms with van der Waals surface area (Å²) in [6, 6.07) is 13.4. The van der Waals surface area contributed by atoms with E-state index in [0.29, 0.717) is 45.2 Å². The number of rotatable bonds is 11. The number of benzene rings is 2. The van der Waals surface area contributed by atoms with Crippen LogP contribution in [0.15, 0.2) is 76.9 Å². The Kier molecular flexibility index (Phi) is 9.37. The number of anilines is 1. The number of ketones is 1. The van der Waals surface area contributed by atoms with Gasteiger partial charge in [-0.25, -0.2) is 4.39 Å². The SMILES string of the molecule is COc1cc(C2C(=C(O)c3ccncc3)C(=O)C(=O)N2c2nnc(SCc3ccc(F)cc3)s2)ccc1OCCC(C)C. The van der Waals surface area contributed by atoms with Gasteiger partial charge in [-0.15, -0.1) is 10.2 Å². The Morgan fingerprint density at radius 3 is 2.51 bits per heavy atom. The van der Waals surface area contributed by atoms with E-state index in [1.807, 2.05) is 0 Å². The van der Waals surface area contributed by atoms with Gasteiger partial charge >= 0.3 is 5.91 Å². The van der Waals surface area contributed by atoms with Crippen molar-refractivity contribution < 1.29 is 28.6 Å². The Morgan fingerprint density at radius 2 is 1.81 bits per heavy atom. The summed E-state index contributed by atoms with van der Waals surface area (Å²) in [7, 11) is 1.51. The summed E-state index contributed by atoms with van der Waals surface area (Å²) in [6.45, 7) is 4.71. The first-order valence-electron chi connectivity index (χ1n) is 13.5. The highest BCUT2D eigenvalue weighted by Crippen LogP contribution is 2.45. The Hall–Kier alpha value is -4.29. The molecule has 1 aliphatic heterocycles. The molecule has 1 unspecified atom stereocenters. The molecule has 12 heteroatoms. The number of pyridine rings is 1. The quantitative estimate of drug-likeness (QED) is 0.0667. The maximum Gasteiger partial charge on any atom is 0.301 e. The van der Waals surface area contributed by atoms with Gasteiger partial charge in [0.05, 0.1) is 25.3 Å². The van der Waals surface area contributed by atoms with Gasteiger partial charge in [-0.3, -0.25) is 19.5 Å². The van der Waals surface area contributed by atoms with Crippen molar-refractivity contribution in [2.75, 3.05) is 18.6 Å². The van der Waals surface area contributed by atoms with Crippen LogP contribution in [0.1, 0.15) is 43.0 Å². The number of methoxy groups -OCH3 is 1. The van der Waals surface area contributed by atoms with Crippen LogP contribution >= 0.6 is 23.1 Å². The van der Waals surface area contributed by atoms with E-state index in [2.05, 4.69) is 29.0 Å². The topological polar surface area (TPSA) is 115 Å². The van der Waals surface area contributed by atoms with Gasteiger partial charge < -0.3 is 14.6 Å². The fourth-order valence-electron chi connectivity index (χ4n) is 4.47. The van der Waals surface area contributed by atoms with Gasteiger partial charge in [0, 0.05) is 23.7 Å². The van der Waals surface area contributed by atoms with E-state index in [1.54, 1.807) is 42.5 Å². The molecule has 1 saturated heterocycles. The first kappa shape index (κ1) is 30.2. The molecule has 0 aliphatic carbocycles. The standard InChI is InChI=1S/C31H29FN4O5S2/c1-18(2)12-15-41-23-9-6-21(16-24(23)40-3)26-25(27(37)20-10-13-33-14-11-20)28(38)29(39)36(26)30-34-35-31(43-30)42-17-19-4-7-22(32)8-5-19/h4-11,13-14,16,18,26,37H,12,15,17H2,1-3H3. The van der Waals surface area contributed by atoms with E-state index >= 15 is 0 Å². The minimum absolute atomic E-state index is 0.0950. The lowest BCUT2D eigenvalue weighted by Gasteiger charge is -2.23. The summed E-state index contributed by atoms with van der Waals surface area (Å²) in [6.07, 6.45) is 3.83. The number of aliphatic hydroxyl groups excluding tert-OH is 1. The van der Waals surface area contributed by atoms with E-state index in [0.717, 1.165) is 23.3 Å². The Bertz CT molecular complexity index is 1640. The van der Waals surface area contributed by atoms with Crippen molar-refractivity contribution in [3.8, 4) is 11.5 Å². The Morgan fingerprint density at radius 1 is 1.07 bits per heavy atom. The molecule has 0 saturated carbocycles. The van der Waals surface area contributed by atoms with Crippen molar-refractivity contribution in [1.29, 1.82) is 0 Å². The van der Waals surface area contributed by atoms with Crippen molar-refractivity contribution in [2.24, 2.45) is 5.92 Å². The van der Waals surface area contributed by atoms with Crippen molar-refractivity contribution in [3.63, 3.8) is 0 Å². The maximum absolute atomic E-state index is 13.5. The second kappa shape index (κ2) is 13.3. The molecule has 0 radical (unpaired) electrons. The molecule has 222 valence electrons.